The van der Waals surface area contributed by atoms with Crippen LogP contribution >= 0.6 is 0 Å². The number of rotatable bonds is 3. The summed E-state index contributed by atoms with van der Waals surface area (Å²) >= 11 is 0. The molecule has 0 aliphatic heterocycles. The van der Waals surface area contributed by atoms with Crippen LogP contribution < -0.4 is 0 Å². The molecule has 1 aliphatic carbocycles. The molecule has 14 heavy (non-hydrogen) atoms. The SMILES string of the molecule is CN(C=O)C1(C(=O)O)CCCC1(C)C. The number of carboxylic acid groups (broad SMARTS) is 1. The summed E-state index contributed by atoms with van der Waals surface area (Å²) in [6, 6.07) is 0. The number of carboxylic acids is 1. The predicted molar refractivity (Wildman–Crippen MR) is 51.8 cm³/mol. The second-order valence-corrected chi connectivity index (χ2v) is 4.62. The van der Waals surface area contributed by atoms with Gasteiger partial charge in [-0.1, -0.05) is 13.8 Å². The number of amides is 1. The van der Waals surface area contributed by atoms with E-state index in [0.717, 1.165) is 12.8 Å². The van der Waals surface area contributed by atoms with Gasteiger partial charge in [-0.15, -0.1) is 0 Å². The highest BCUT2D eigenvalue weighted by Crippen LogP contribution is 2.48. The van der Waals surface area contributed by atoms with Gasteiger partial charge in [0, 0.05) is 7.05 Å². The van der Waals surface area contributed by atoms with E-state index in [2.05, 4.69) is 0 Å². The van der Waals surface area contributed by atoms with Crippen LogP contribution in [0.25, 0.3) is 0 Å². The van der Waals surface area contributed by atoms with Crippen LogP contribution in [0.4, 0.5) is 0 Å². The lowest BCUT2D eigenvalue weighted by Gasteiger charge is -2.42. The lowest BCUT2D eigenvalue weighted by molar-refractivity contribution is -0.160. The van der Waals surface area contributed by atoms with E-state index in [1.54, 1.807) is 7.05 Å². The van der Waals surface area contributed by atoms with Gasteiger partial charge >= 0.3 is 5.97 Å². The van der Waals surface area contributed by atoms with Gasteiger partial charge in [0.05, 0.1) is 0 Å². The molecular weight excluding hydrogens is 182 g/mol. The van der Waals surface area contributed by atoms with E-state index in [1.165, 1.54) is 4.90 Å². The molecule has 0 saturated heterocycles. The van der Waals surface area contributed by atoms with Gasteiger partial charge in [-0.05, 0) is 24.7 Å². The van der Waals surface area contributed by atoms with Crippen LogP contribution in [0.15, 0.2) is 0 Å². The van der Waals surface area contributed by atoms with Crippen molar-refractivity contribution in [1.29, 1.82) is 0 Å². The highest BCUT2D eigenvalue weighted by molar-refractivity contribution is 5.83. The monoisotopic (exact) mass is 199 g/mol. The summed E-state index contributed by atoms with van der Waals surface area (Å²) in [5.41, 5.74) is -1.37. The van der Waals surface area contributed by atoms with Gasteiger partial charge in [-0.25, -0.2) is 4.79 Å². The van der Waals surface area contributed by atoms with E-state index >= 15 is 0 Å². The molecule has 1 unspecified atom stereocenters. The Labute approximate surface area is 83.9 Å². The topological polar surface area (TPSA) is 57.6 Å². The Hall–Kier alpha value is -1.06. The highest BCUT2D eigenvalue weighted by atomic mass is 16.4. The fraction of sp³-hybridized carbons (Fsp3) is 0.800. The Balaban J connectivity index is 3.16. The molecule has 0 spiro atoms. The first kappa shape index (κ1) is 11.0. The van der Waals surface area contributed by atoms with E-state index < -0.39 is 11.5 Å². The van der Waals surface area contributed by atoms with Crippen molar-refractivity contribution in [2.24, 2.45) is 5.41 Å². The van der Waals surface area contributed by atoms with E-state index in [1.807, 2.05) is 13.8 Å². The maximum atomic E-state index is 11.3. The van der Waals surface area contributed by atoms with Crippen molar-refractivity contribution in [3.8, 4) is 0 Å². The number of hydrogen-bond acceptors (Lipinski definition) is 2. The summed E-state index contributed by atoms with van der Waals surface area (Å²) < 4.78 is 0. The van der Waals surface area contributed by atoms with Crippen LogP contribution in [-0.2, 0) is 9.59 Å². The Bertz CT molecular complexity index is 262. The van der Waals surface area contributed by atoms with Crippen LogP contribution in [0.2, 0.25) is 0 Å². The van der Waals surface area contributed by atoms with Gasteiger partial charge in [-0.2, -0.15) is 0 Å². The van der Waals surface area contributed by atoms with Gasteiger partial charge in [0.25, 0.3) is 0 Å². The second-order valence-electron chi connectivity index (χ2n) is 4.62. The summed E-state index contributed by atoms with van der Waals surface area (Å²) in [5.74, 6) is -0.894. The molecule has 0 heterocycles. The van der Waals surface area contributed by atoms with Crippen molar-refractivity contribution >= 4 is 12.4 Å². The molecule has 0 aromatic heterocycles. The second kappa shape index (κ2) is 3.26. The summed E-state index contributed by atoms with van der Waals surface area (Å²) in [7, 11) is 1.55. The average Bonchev–Trinajstić information content (AvgIpc) is 2.40. The van der Waals surface area contributed by atoms with E-state index in [0.29, 0.717) is 12.8 Å². The molecule has 80 valence electrons. The predicted octanol–water partition coefficient (Wildman–Crippen LogP) is 1.11. The molecule has 0 aromatic carbocycles. The van der Waals surface area contributed by atoms with E-state index in [9.17, 15) is 14.7 Å². The van der Waals surface area contributed by atoms with Crippen molar-refractivity contribution in [3.63, 3.8) is 0 Å². The fourth-order valence-corrected chi connectivity index (χ4v) is 2.62. The lowest BCUT2D eigenvalue weighted by atomic mass is 9.74. The summed E-state index contributed by atoms with van der Waals surface area (Å²) in [6.07, 6.45) is 2.86. The molecule has 1 amide bonds. The number of aliphatic carboxylic acids is 1. The number of hydrogen-bond donors (Lipinski definition) is 1. The van der Waals surface area contributed by atoms with Gasteiger partial charge in [0.15, 0.2) is 0 Å². The molecule has 0 aromatic rings. The lowest BCUT2D eigenvalue weighted by Crippen LogP contribution is -2.58. The minimum absolute atomic E-state index is 0.353. The zero-order valence-corrected chi connectivity index (χ0v) is 8.91. The molecule has 4 heteroatoms. The summed E-state index contributed by atoms with van der Waals surface area (Å²) in [6.45, 7) is 3.82. The molecule has 1 rings (SSSR count). The number of carbonyl (C=O) groups is 2. The third kappa shape index (κ3) is 1.21. The summed E-state index contributed by atoms with van der Waals surface area (Å²) in [5, 5.41) is 9.30. The van der Waals surface area contributed by atoms with E-state index in [-0.39, 0.29) is 5.41 Å². The van der Waals surface area contributed by atoms with Gasteiger partial charge in [-0.3, -0.25) is 4.79 Å². The maximum Gasteiger partial charge on any atom is 0.330 e. The molecule has 0 radical (unpaired) electrons. The third-order valence-electron chi connectivity index (χ3n) is 3.57. The number of carbonyl (C=O) groups excluding carboxylic acids is 1. The van der Waals surface area contributed by atoms with Crippen LogP contribution in [0, 0.1) is 5.41 Å². The molecule has 4 nitrogen and oxygen atoms in total. The largest absolute Gasteiger partial charge is 0.479 e. The van der Waals surface area contributed by atoms with Crippen LogP contribution in [0.5, 0.6) is 0 Å². The van der Waals surface area contributed by atoms with Crippen molar-refractivity contribution in [3.05, 3.63) is 0 Å². The minimum Gasteiger partial charge on any atom is -0.479 e. The van der Waals surface area contributed by atoms with E-state index in [4.69, 9.17) is 0 Å². The zero-order chi connectivity index (χ0) is 11.0. The maximum absolute atomic E-state index is 11.3. The third-order valence-corrected chi connectivity index (χ3v) is 3.57. The Morgan fingerprint density at radius 3 is 2.29 bits per heavy atom. The van der Waals surface area contributed by atoms with Crippen molar-refractivity contribution in [2.75, 3.05) is 7.05 Å². The Kier molecular flexibility index (Phi) is 2.56. The van der Waals surface area contributed by atoms with Gasteiger partial charge < -0.3 is 10.0 Å². The highest BCUT2D eigenvalue weighted by Gasteiger charge is 2.57. The summed E-state index contributed by atoms with van der Waals surface area (Å²) in [4.78, 5) is 23.4. The fourth-order valence-electron chi connectivity index (χ4n) is 2.62. The quantitative estimate of drug-likeness (QED) is 0.693. The number of likely N-dealkylation sites (N-methyl/N-ethyl adjacent to an activating group) is 1. The van der Waals surface area contributed by atoms with Gasteiger partial charge in [0.2, 0.25) is 6.41 Å². The first-order chi connectivity index (χ1) is 6.38. The van der Waals surface area contributed by atoms with Gasteiger partial charge in [0.1, 0.15) is 5.54 Å². The van der Waals surface area contributed by atoms with Crippen LogP contribution in [0.3, 0.4) is 0 Å². The molecule has 1 aliphatic rings. The number of nitrogens with zero attached hydrogens (tertiary/aromatic N) is 1. The molecule has 1 N–H and O–H groups in total. The Morgan fingerprint density at radius 2 is 2.00 bits per heavy atom. The average molecular weight is 199 g/mol. The molecule has 1 saturated carbocycles. The van der Waals surface area contributed by atoms with Crippen molar-refractivity contribution in [1.82, 2.24) is 4.90 Å². The van der Waals surface area contributed by atoms with Crippen LogP contribution in [0.1, 0.15) is 33.1 Å². The first-order valence-corrected chi connectivity index (χ1v) is 4.80. The molecule has 1 atom stereocenters. The first-order valence-electron chi connectivity index (χ1n) is 4.80. The zero-order valence-electron chi connectivity index (χ0n) is 8.91. The normalized spacial score (nSPS) is 29.9. The standard InChI is InChI=1S/C10H17NO3/c1-9(2)5-4-6-10(9,8(13)14)11(3)7-12/h7H,4-6H2,1-3H3,(H,13,14). The minimum atomic E-state index is -1.02. The molecular formula is C10H17NO3. The molecule has 1 fully saturated rings. The Morgan fingerprint density at radius 1 is 1.43 bits per heavy atom. The van der Waals surface area contributed by atoms with Crippen molar-refractivity contribution in [2.45, 2.75) is 38.6 Å². The molecule has 0 bridgehead atoms. The van der Waals surface area contributed by atoms with Crippen LogP contribution in [-0.4, -0.2) is 35.0 Å². The van der Waals surface area contributed by atoms with Crippen molar-refractivity contribution < 1.29 is 14.7 Å². The smallest absolute Gasteiger partial charge is 0.330 e.